The average Bonchev–Trinajstić information content (AvgIpc) is 3.39. The Labute approximate surface area is 246 Å². The highest BCUT2D eigenvalue weighted by atomic mass is 19.4. The summed E-state index contributed by atoms with van der Waals surface area (Å²) in [4.78, 5) is 31.4. The van der Waals surface area contributed by atoms with Crippen LogP contribution in [0, 0.1) is 6.92 Å². The number of benzene rings is 2. The second-order valence-corrected chi connectivity index (χ2v) is 10.7. The van der Waals surface area contributed by atoms with Gasteiger partial charge in [0.25, 0.3) is 5.91 Å². The van der Waals surface area contributed by atoms with Crippen LogP contribution in [0.4, 0.5) is 42.1 Å². The van der Waals surface area contributed by atoms with Gasteiger partial charge in [0.15, 0.2) is 0 Å². The van der Waals surface area contributed by atoms with Crippen molar-refractivity contribution in [3.8, 4) is 5.75 Å². The number of carbonyl (C=O) groups is 1. The highest BCUT2D eigenvalue weighted by molar-refractivity contribution is 6.05. The molecule has 1 amide bonds. The fraction of sp³-hybridized carbons (Fsp3) is 0.333. The number of rotatable bonds is 10. The minimum absolute atomic E-state index is 0.0124. The quantitative estimate of drug-likeness (QED) is 0.178. The molecule has 3 heterocycles. The van der Waals surface area contributed by atoms with Gasteiger partial charge in [-0.1, -0.05) is 6.07 Å². The summed E-state index contributed by atoms with van der Waals surface area (Å²) in [6, 6.07) is 10.6. The molecule has 1 unspecified atom stereocenters. The normalized spacial score (nSPS) is 16.6. The zero-order chi connectivity index (χ0) is 30.0. The number of H-pyrrole nitrogens is 1. The average molecular weight is 593 g/mol. The predicted molar refractivity (Wildman–Crippen MR) is 156 cm³/mol. The van der Waals surface area contributed by atoms with Gasteiger partial charge < -0.3 is 25.7 Å². The van der Waals surface area contributed by atoms with Crippen LogP contribution in [0.15, 0.2) is 61.2 Å². The van der Waals surface area contributed by atoms with Crippen LogP contribution in [-0.2, 0) is 6.18 Å². The molecule has 13 heteroatoms. The summed E-state index contributed by atoms with van der Waals surface area (Å²) in [6.07, 6.45) is 4.14. The van der Waals surface area contributed by atoms with E-state index in [1.807, 2.05) is 13.0 Å². The number of hydrogen-bond acceptors (Lipinski definition) is 8. The minimum Gasteiger partial charge on any atom is -0.492 e. The van der Waals surface area contributed by atoms with Crippen molar-refractivity contribution in [2.45, 2.75) is 50.9 Å². The lowest BCUT2D eigenvalue weighted by Crippen LogP contribution is -2.28. The lowest BCUT2D eigenvalue weighted by atomic mass is 10.1. The number of nitrogens with zero attached hydrogens (tertiary/aromatic N) is 4. The molecule has 1 saturated carbocycles. The molecule has 224 valence electrons. The lowest BCUT2D eigenvalue weighted by molar-refractivity contribution is -0.137. The van der Waals surface area contributed by atoms with Crippen LogP contribution < -0.4 is 25.6 Å². The standard InChI is InChI=1S/C30H31F3N8O2/c1-18-4-5-22(14-25(18)41(29-35-9-10-36-29)27-15-26(37-17-38-27)39-21-6-7-21)40-28(42)19-11-20(30(31,32)33)13-24(12-19)43-16-23-3-2-8-34-23/h4-5,9-15,17,21,23,34H,2-3,6-8,16H2,1H3,(H,35,36)(H,40,42)(H,37,38,39). The van der Waals surface area contributed by atoms with Crippen molar-refractivity contribution >= 4 is 34.9 Å². The Balaban J connectivity index is 1.28. The second-order valence-electron chi connectivity index (χ2n) is 10.7. The van der Waals surface area contributed by atoms with Crippen LogP contribution in [0.1, 0.15) is 47.2 Å². The van der Waals surface area contributed by atoms with E-state index in [1.165, 1.54) is 12.4 Å². The van der Waals surface area contributed by atoms with E-state index in [4.69, 9.17) is 4.74 Å². The monoisotopic (exact) mass is 592 g/mol. The van der Waals surface area contributed by atoms with Crippen LogP contribution in [0.5, 0.6) is 5.75 Å². The highest BCUT2D eigenvalue weighted by Gasteiger charge is 2.32. The van der Waals surface area contributed by atoms with Crippen molar-refractivity contribution in [1.29, 1.82) is 0 Å². The Morgan fingerprint density at radius 2 is 1.95 bits per heavy atom. The first-order valence-corrected chi connectivity index (χ1v) is 14.1. The van der Waals surface area contributed by atoms with E-state index < -0.39 is 17.6 Å². The van der Waals surface area contributed by atoms with Gasteiger partial charge in [0.05, 0.1) is 11.3 Å². The Hall–Kier alpha value is -4.65. The third kappa shape index (κ3) is 6.88. The first-order valence-electron chi connectivity index (χ1n) is 14.1. The molecular formula is C30H31F3N8O2. The molecular weight excluding hydrogens is 561 g/mol. The Kier molecular flexibility index (Phi) is 7.89. The van der Waals surface area contributed by atoms with Gasteiger partial charge in [0, 0.05) is 41.8 Å². The molecule has 0 spiro atoms. The molecule has 2 aromatic heterocycles. The molecule has 0 bridgehead atoms. The van der Waals surface area contributed by atoms with E-state index in [2.05, 4.69) is 35.9 Å². The van der Waals surface area contributed by atoms with Gasteiger partial charge in [-0.15, -0.1) is 0 Å². The van der Waals surface area contributed by atoms with E-state index in [0.29, 0.717) is 35.0 Å². The SMILES string of the molecule is Cc1ccc(NC(=O)c2cc(OCC3CCCN3)cc(C(F)(F)F)c2)cc1N(c1cc(NC2CC2)ncn1)c1ncc[nH]1. The molecule has 4 aromatic rings. The van der Waals surface area contributed by atoms with E-state index in [9.17, 15) is 18.0 Å². The minimum atomic E-state index is -4.65. The van der Waals surface area contributed by atoms with Gasteiger partial charge in [0.2, 0.25) is 5.95 Å². The molecule has 1 saturated heterocycles. The summed E-state index contributed by atoms with van der Waals surface area (Å²) in [6.45, 7) is 2.96. The zero-order valence-corrected chi connectivity index (χ0v) is 23.4. The summed E-state index contributed by atoms with van der Waals surface area (Å²) in [5.74, 6) is 0.988. The number of imidazole rings is 1. The summed E-state index contributed by atoms with van der Waals surface area (Å²) in [5, 5.41) is 9.36. The van der Waals surface area contributed by atoms with Gasteiger partial charge in [-0.05, 0) is 75.0 Å². The molecule has 0 radical (unpaired) electrons. The molecule has 43 heavy (non-hydrogen) atoms. The number of aromatic amines is 1. The van der Waals surface area contributed by atoms with Gasteiger partial charge >= 0.3 is 6.18 Å². The third-order valence-electron chi connectivity index (χ3n) is 7.32. The fourth-order valence-electron chi connectivity index (χ4n) is 4.91. The number of ether oxygens (including phenoxy) is 1. The maximum Gasteiger partial charge on any atom is 0.416 e. The topological polar surface area (TPSA) is 120 Å². The van der Waals surface area contributed by atoms with Gasteiger partial charge in [-0.25, -0.2) is 15.0 Å². The first-order chi connectivity index (χ1) is 20.7. The summed E-state index contributed by atoms with van der Waals surface area (Å²) in [5.41, 5.74) is 0.756. The molecule has 2 aromatic carbocycles. The Morgan fingerprint density at radius 1 is 1.09 bits per heavy atom. The molecule has 4 N–H and O–H groups in total. The number of anilines is 5. The van der Waals surface area contributed by atoms with E-state index in [-0.39, 0.29) is 24.0 Å². The van der Waals surface area contributed by atoms with Crippen LogP contribution in [-0.4, -0.2) is 51.1 Å². The molecule has 10 nitrogen and oxygen atoms in total. The predicted octanol–water partition coefficient (Wildman–Crippen LogP) is 5.95. The number of nitrogens with one attached hydrogen (secondary N) is 4. The Bertz CT molecular complexity index is 1580. The van der Waals surface area contributed by atoms with Crippen molar-refractivity contribution in [3.05, 3.63) is 77.9 Å². The first kappa shape index (κ1) is 28.5. The maximum absolute atomic E-state index is 13.7. The Morgan fingerprint density at radius 3 is 2.67 bits per heavy atom. The lowest BCUT2D eigenvalue weighted by Gasteiger charge is -2.24. The van der Waals surface area contributed by atoms with E-state index >= 15 is 0 Å². The number of carbonyl (C=O) groups excluding carboxylic acids is 1. The van der Waals surface area contributed by atoms with Crippen molar-refractivity contribution < 1.29 is 22.7 Å². The smallest absolute Gasteiger partial charge is 0.416 e. The van der Waals surface area contributed by atoms with Gasteiger partial charge in [-0.3, -0.25) is 9.69 Å². The van der Waals surface area contributed by atoms with Crippen LogP contribution in [0.3, 0.4) is 0 Å². The van der Waals surface area contributed by atoms with E-state index in [0.717, 1.165) is 49.9 Å². The van der Waals surface area contributed by atoms with Crippen LogP contribution >= 0.6 is 0 Å². The van der Waals surface area contributed by atoms with Crippen molar-refractivity contribution in [1.82, 2.24) is 25.3 Å². The van der Waals surface area contributed by atoms with E-state index in [1.54, 1.807) is 35.5 Å². The third-order valence-corrected chi connectivity index (χ3v) is 7.32. The van der Waals surface area contributed by atoms with Gasteiger partial charge in [-0.2, -0.15) is 13.2 Å². The summed E-state index contributed by atoms with van der Waals surface area (Å²) in [7, 11) is 0. The van der Waals surface area contributed by atoms with Crippen LogP contribution in [0.2, 0.25) is 0 Å². The number of hydrogen-bond donors (Lipinski definition) is 4. The number of alkyl halides is 3. The number of aromatic nitrogens is 4. The molecule has 2 fully saturated rings. The zero-order valence-electron chi connectivity index (χ0n) is 23.4. The van der Waals surface area contributed by atoms with Crippen molar-refractivity contribution in [2.75, 3.05) is 28.7 Å². The molecule has 2 aliphatic rings. The molecule has 6 rings (SSSR count). The van der Waals surface area contributed by atoms with Gasteiger partial charge in [0.1, 0.15) is 30.3 Å². The molecule has 1 aliphatic heterocycles. The molecule has 1 atom stereocenters. The van der Waals surface area contributed by atoms with Crippen LogP contribution in [0.25, 0.3) is 0 Å². The highest BCUT2D eigenvalue weighted by Crippen LogP contribution is 2.37. The number of amides is 1. The summed E-state index contributed by atoms with van der Waals surface area (Å²) >= 11 is 0. The second kappa shape index (κ2) is 11.9. The fourth-order valence-corrected chi connectivity index (χ4v) is 4.91. The number of halogens is 3. The largest absolute Gasteiger partial charge is 0.492 e. The van der Waals surface area contributed by atoms with Crippen molar-refractivity contribution in [2.24, 2.45) is 0 Å². The maximum atomic E-state index is 13.7. The summed E-state index contributed by atoms with van der Waals surface area (Å²) < 4.78 is 46.9. The molecule has 1 aliphatic carbocycles. The number of aryl methyl sites for hydroxylation is 1. The van der Waals surface area contributed by atoms with Crippen molar-refractivity contribution in [3.63, 3.8) is 0 Å².